The lowest BCUT2D eigenvalue weighted by Gasteiger charge is -2.12. The molecule has 0 aliphatic rings. The quantitative estimate of drug-likeness (QED) is 0.831. The third-order valence-corrected chi connectivity index (χ3v) is 3.94. The Labute approximate surface area is 128 Å². The van der Waals surface area contributed by atoms with Crippen LogP contribution in [0.3, 0.4) is 0 Å². The van der Waals surface area contributed by atoms with E-state index in [0.29, 0.717) is 0 Å². The largest absolute Gasteiger partial charge is 0.366 e. The van der Waals surface area contributed by atoms with Gasteiger partial charge in [-0.1, -0.05) is 39.0 Å². The number of benzene rings is 1. The minimum absolute atomic E-state index is 0.840. The Morgan fingerprint density at radius 2 is 1.62 bits per heavy atom. The van der Waals surface area contributed by atoms with Crippen molar-refractivity contribution in [2.45, 2.75) is 53.5 Å². The molecular weight excluding hydrogens is 256 g/mol. The first-order valence-electron chi connectivity index (χ1n) is 7.98. The van der Waals surface area contributed by atoms with Gasteiger partial charge in [0.2, 0.25) is 0 Å². The predicted molar refractivity (Wildman–Crippen MR) is 90.9 cm³/mol. The van der Waals surface area contributed by atoms with Crippen molar-refractivity contribution in [3.05, 3.63) is 58.3 Å². The lowest BCUT2D eigenvalue weighted by Crippen LogP contribution is -2.05. The van der Waals surface area contributed by atoms with Crippen LogP contribution in [0, 0.1) is 6.92 Å². The van der Waals surface area contributed by atoms with Crippen LogP contribution in [-0.2, 0) is 25.8 Å². The lowest BCUT2D eigenvalue weighted by molar-refractivity contribution is 1.00. The summed E-state index contributed by atoms with van der Waals surface area (Å²) in [5.74, 6) is 0.980. The van der Waals surface area contributed by atoms with Gasteiger partial charge in [0.15, 0.2) is 0 Å². The van der Waals surface area contributed by atoms with E-state index >= 15 is 0 Å². The van der Waals surface area contributed by atoms with Gasteiger partial charge in [-0.15, -0.1) is 0 Å². The molecular formula is C19H26N2. The molecule has 0 fully saturated rings. The van der Waals surface area contributed by atoms with Crippen LogP contribution in [0.25, 0.3) is 0 Å². The maximum absolute atomic E-state index is 4.57. The Balaban J connectivity index is 2.14. The fourth-order valence-corrected chi connectivity index (χ4v) is 2.62. The van der Waals surface area contributed by atoms with E-state index in [0.717, 1.165) is 37.3 Å². The third-order valence-electron chi connectivity index (χ3n) is 3.94. The van der Waals surface area contributed by atoms with Crippen LogP contribution in [0.2, 0.25) is 0 Å². The number of rotatable bonds is 6. The summed E-state index contributed by atoms with van der Waals surface area (Å²) in [6.45, 7) is 9.50. The number of aryl methyl sites for hydroxylation is 4. The molecule has 112 valence electrons. The molecule has 1 aromatic carbocycles. The molecule has 2 rings (SSSR count). The molecule has 0 saturated heterocycles. The van der Waals surface area contributed by atoms with Crippen molar-refractivity contribution >= 4 is 5.82 Å². The second-order valence-electron chi connectivity index (χ2n) is 5.52. The fourth-order valence-electron chi connectivity index (χ4n) is 2.62. The molecule has 1 aromatic heterocycles. The Morgan fingerprint density at radius 1 is 0.857 bits per heavy atom. The van der Waals surface area contributed by atoms with Crippen LogP contribution in [0.15, 0.2) is 30.3 Å². The molecule has 0 spiro atoms. The Hall–Kier alpha value is -1.83. The number of anilines is 1. The highest BCUT2D eigenvalue weighted by atomic mass is 15.0. The predicted octanol–water partition coefficient (Wildman–Crippen LogP) is 4.69. The van der Waals surface area contributed by atoms with Crippen molar-refractivity contribution < 1.29 is 0 Å². The summed E-state index contributed by atoms with van der Waals surface area (Å²) in [5.41, 5.74) is 6.63. The van der Waals surface area contributed by atoms with Crippen molar-refractivity contribution in [3.8, 4) is 0 Å². The van der Waals surface area contributed by atoms with Gasteiger partial charge in [-0.3, -0.25) is 0 Å². The van der Waals surface area contributed by atoms with Crippen LogP contribution in [0.4, 0.5) is 5.82 Å². The Bertz CT molecular complexity index is 603. The van der Waals surface area contributed by atoms with E-state index in [2.05, 4.69) is 68.3 Å². The minimum atomic E-state index is 0.840. The first-order chi connectivity index (χ1) is 10.2. The monoisotopic (exact) mass is 282 g/mol. The smallest absolute Gasteiger partial charge is 0.126 e. The van der Waals surface area contributed by atoms with E-state index in [-0.39, 0.29) is 0 Å². The maximum Gasteiger partial charge on any atom is 0.126 e. The molecule has 0 bridgehead atoms. The summed E-state index contributed by atoms with van der Waals surface area (Å²) in [6, 6.07) is 11.1. The highest BCUT2D eigenvalue weighted by Crippen LogP contribution is 2.16. The second-order valence-corrected chi connectivity index (χ2v) is 5.52. The van der Waals surface area contributed by atoms with Crippen LogP contribution < -0.4 is 5.32 Å². The van der Waals surface area contributed by atoms with Gasteiger partial charge in [0, 0.05) is 12.2 Å². The number of aromatic nitrogens is 1. The van der Waals surface area contributed by atoms with Crippen molar-refractivity contribution in [1.82, 2.24) is 4.98 Å². The number of hydrogen-bond donors (Lipinski definition) is 1. The zero-order valence-corrected chi connectivity index (χ0v) is 13.7. The maximum atomic E-state index is 4.57. The standard InChI is InChI=1S/C19H26N2/c1-5-15-8-9-18(17(7-3)11-15)13-20-19-12-16(6-2)10-14(4)21-19/h8-12H,5-7,13H2,1-4H3,(H,20,21). The lowest BCUT2D eigenvalue weighted by atomic mass is 10.0. The Kier molecular flexibility index (Phi) is 5.38. The number of nitrogens with one attached hydrogen (secondary N) is 1. The summed E-state index contributed by atoms with van der Waals surface area (Å²) < 4.78 is 0. The highest BCUT2D eigenvalue weighted by Gasteiger charge is 2.04. The molecule has 0 unspecified atom stereocenters. The molecule has 2 nitrogen and oxygen atoms in total. The summed E-state index contributed by atoms with van der Waals surface area (Å²) in [4.78, 5) is 4.57. The van der Waals surface area contributed by atoms with Gasteiger partial charge in [0.25, 0.3) is 0 Å². The zero-order valence-electron chi connectivity index (χ0n) is 13.7. The molecule has 0 atom stereocenters. The third kappa shape index (κ3) is 4.07. The molecule has 1 heterocycles. The number of pyridine rings is 1. The van der Waals surface area contributed by atoms with Gasteiger partial charge >= 0.3 is 0 Å². The molecule has 0 radical (unpaired) electrons. The molecule has 0 aliphatic heterocycles. The second kappa shape index (κ2) is 7.26. The fraction of sp³-hybridized carbons (Fsp3) is 0.421. The molecule has 2 aromatic rings. The first-order valence-corrected chi connectivity index (χ1v) is 7.98. The molecule has 0 saturated carbocycles. The molecule has 1 N–H and O–H groups in total. The average Bonchev–Trinajstić information content (AvgIpc) is 2.52. The van der Waals surface area contributed by atoms with E-state index in [1.807, 2.05) is 0 Å². The SMILES string of the molecule is CCc1cc(C)nc(NCc2ccc(CC)cc2CC)c1. The Morgan fingerprint density at radius 3 is 2.29 bits per heavy atom. The van der Waals surface area contributed by atoms with Crippen molar-refractivity contribution in [2.24, 2.45) is 0 Å². The van der Waals surface area contributed by atoms with Crippen LogP contribution in [0.5, 0.6) is 0 Å². The summed E-state index contributed by atoms with van der Waals surface area (Å²) >= 11 is 0. The average molecular weight is 282 g/mol. The summed E-state index contributed by atoms with van der Waals surface area (Å²) in [7, 11) is 0. The van der Waals surface area contributed by atoms with Gasteiger partial charge < -0.3 is 5.32 Å². The van der Waals surface area contributed by atoms with E-state index in [1.165, 1.54) is 22.3 Å². The van der Waals surface area contributed by atoms with Crippen molar-refractivity contribution in [3.63, 3.8) is 0 Å². The van der Waals surface area contributed by atoms with Gasteiger partial charge in [-0.25, -0.2) is 4.98 Å². The van der Waals surface area contributed by atoms with Gasteiger partial charge in [-0.05, 0) is 60.6 Å². The van der Waals surface area contributed by atoms with Crippen LogP contribution in [0.1, 0.15) is 48.7 Å². The normalized spacial score (nSPS) is 10.7. The number of nitrogens with zero attached hydrogens (tertiary/aromatic N) is 1. The minimum Gasteiger partial charge on any atom is -0.366 e. The van der Waals surface area contributed by atoms with E-state index in [4.69, 9.17) is 0 Å². The molecule has 2 heteroatoms. The van der Waals surface area contributed by atoms with Crippen molar-refractivity contribution in [2.75, 3.05) is 5.32 Å². The van der Waals surface area contributed by atoms with E-state index in [1.54, 1.807) is 0 Å². The van der Waals surface area contributed by atoms with Crippen LogP contribution in [-0.4, -0.2) is 4.98 Å². The van der Waals surface area contributed by atoms with E-state index in [9.17, 15) is 0 Å². The highest BCUT2D eigenvalue weighted by molar-refractivity contribution is 5.42. The van der Waals surface area contributed by atoms with Gasteiger partial charge in [0.05, 0.1) is 0 Å². The van der Waals surface area contributed by atoms with Crippen molar-refractivity contribution in [1.29, 1.82) is 0 Å². The zero-order chi connectivity index (χ0) is 15.2. The molecule has 0 amide bonds. The first kappa shape index (κ1) is 15.6. The van der Waals surface area contributed by atoms with Gasteiger partial charge in [-0.2, -0.15) is 0 Å². The molecule has 21 heavy (non-hydrogen) atoms. The molecule has 0 aliphatic carbocycles. The van der Waals surface area contributed by atoms with Crippen LogP contribution >= 0.6 is 0 Å². The van der Waals surface area contributed by atoms with E-state index < -0.39 is 0 Å². The number of hydrogen-bond acceptors (Lipinski definition) is 2. The topological polar surface area (TPSA) is 24.9 Å². The van der Waals surface area contributed by atoms with Gasteiger partial charge in [0.1, 0.15) is 5.82 Å². The summed E-state index contributed by atoms with van der Waals surface area (Å²) in [5, 5.41) is 3.48. The summed E-state index contributed by atoms with van der Waals surface area (Å²) in [6.07, 6.45) is 3.22.